The Labute approximate surface area is 124 Å². The number of hydrogen-bond donors (Lipinski definition) is 1. The van der Waals surface area contributed by atoms with Gasteiger partial charge >= 0.3 is 0 Å². The Kier molecular flexibility index (Phi) is 5.77. The second kappa shape index (κ2) is 7.82. The molecule has 0 atom stereocenters. The molecule has 0 aromatic heterocycles. The molecule has 3 nitrogen and oxygen atoms in total. The number of nitrogens with two attached hydrogens (primary N) is 1. The monoisotopic (exact) mass is 289 g/mol. The molecule has 0 amide bonds. The molecule has 0 aliphatic rings. The summed E-state index contributed by atoms with van der Waals surface area (Å²) in [5.41, 5.74) is 6.66. The van der Waals surface area contributed by atoms with Gasteiger partial charge in [-0.2, -0.15) is 0 Å². The summed E-state index contributed by atoms with van der Waals surface area (Å²) in [5.74, 6) is 1.69. The first kappa shape index (κ1) is 14.8. The van der Waals surface area contributed by atoms with Crippen molar-refractivity contribution in [1.82, 2.24) is 0 Å². The van der Waals surface area contributed by atoms with Crippen molar-refractivity contribution in [3.8, 4) is 11.5 Å². The van der Waals surface area contributed by atoms with Crippen molar-refractivity contribution in [2.45, 2.75) is 11.4 Å². The molecule has 0 fully saturated rings. The van der Waals surface area contributed by atoms with Gasteiger partial charge in [0.2, 0.25) is 0 Å². The second-order valence-electron chi connectivity index (χ2n) is 4.22. The smallest absolute Gasteiger partial charge is 0.122 e. The molecule has 2 rings (SSSR count). The summed E-state index contributed by atoms with van der Waals surface area (Å²) in [5, 5.41) is 0. The highest BCUT2D eigenvalue weighted by Crippen LogP contribution is 2.19. The van der Waals surface area contributed by atoms with Crippen molar-refractivity contribution >= 4 is 11.8 Å². The Morgan fingerprint density at radius 3 is 2.30 bits per heavy atom. The SMILES string of the molecule is CSc1ccc(OCCOc2cccc(CN)c2)cc1. The van der Waals surface area contributed by atoms with Crippen LogP contribution in [0.5, 0.6) is 11.5 Å². The standard InChI is InChI=1S/C16H19NO2S/c1-20-16-7-5-14(6-8-16)18-9-10-19-15-4-2-3-13(11-15)12-17/h2-8,11H,9-10,12,17H2,1H3. The summed E-state index contributed by atoms with van der Waals surface area (Å²) in [7, 11) is 0. The van der Waals surface area contributed by atoms with Gasteiger partial charge < -0.3 is 15.2 Å². The van der Waals surface area contributed by atoms with Crippen molar-refractivity contribution in [1.29, 1.82) is 0 Å². The molecule has 0 unspecified atom stereocenters. The highest BCUT2D eigenvalue weighted by atomic mass is 32.2. The van der Waals surface area contributed by atoms with E-state index in [1.165, 1.54) is 4.90 Å². The first-order valence-corrected chi connectivity index (χ1v) is 7.73. The molecule has 0 saturated carbocycles. The summed E-state index contributed by atoms with van der Waals surface area (Å²) in [6.45, 7) is 1.55. The lowest BCUT2D eigenvalue weighted by atomic mass is 10.2. The lowest BCUT2D eigenvalue weighted by Crippen LogP contribution is -2.09. The Morgan fingerprint density at radius 2 is 1.65 bits per heavy atom. The Balaban J connectivity index is 1.75. The fourth-order valence-corrected chi connectivity index (χ4v) is 2.16. The van der Waals surface area contributed by atoms with Gasteiger partial charge in [0.15, 0.2) is 0 Å². The Hall–Kier alpha value is -1.65. The topological polar surface area (TPSA) is 44.5 Å². The number of thioether (sulfide) groups is 1. The van der Waals surface area contributed by atoms with Crippen LogP contribution in [0, 0.1) is 0 Å². The van der Waals surface area contributed by atoms with Gasteiger partial charge in [-0.3, -0.25) is 0 Å². The third-order valence-electron chi connectivity index (χ3n) is 2.81. The maximum absolute atomic E-state index is 5.63. The molecule has 0 saturated heterocycles. The minimum Gasteiger partial charge on any atom is -0.490 e. The molecule has 0 heterocycles. The fraction of sp³-hybridized carbons (Fsp3) is 0.250. The lowest BCUT2D eigenvalue weighted by Gasteiger charge is -2.09. The zero-order valence-electron chi connectivity index (χ0n) is 11.5. The molecule has 0 bridgehead atoms. The molecule has 20 heavy (non-hydrogen) atoms. The lowest BCUT2D eigenvalue weighted by molar-refractivity contribution is 0.217. The summed E-state index contributed by atoms with van der Waals surface area (Å²) in [6, 6.07) is 15.8. The molecular formula is C16H19NO2S. The van der Waals surface area contributed by atoms with Gasteiger partial charge in [-0.25, -0.2) is 0 Å². The Morgan fingerprint density at radius 1 is 0.950 bits per heavy atom. The predicted molar refractivity (Wildman–Crippen MR) is 83.5 cm³/mol. The van der Waals surface area contributed by atoms with Gasteiger partial charge in [0.05, 0.1) is 0 Å². The Bertz CT molecular complexity index is 528. The van der Waals surface area contributed by atoms with Gasteiger partial charge in [0, 0.05) is 11.4 Å². The number of rotatable bonds is 7. The first-order valence-electron chi connectivity index (χ1n) is 6.50. The molecule has 0 aliphatic heterocycles. The highest BCUT2D eigenvalue weighted by Gasteiger charge is 1.97. The van der Waals surface area contributed by atoms with E-state index in [0.717, 1.165) is 17.1 Å². The third kappa shape index (κ3) is 4.47. The van der Waals surface area contributed by atoms with Crippen LogP contribution in [-0.4, -0.2) is 19.5 Å². The van der Waals surface area contributed by atoms with E-state index in [9.17, 15) is 0 Å². The molecule has 0 spiro atoms. The molecule has 2 N–H and O–H groups in total. The number of benzene rings is 2. The van der Waals surface area contributed by atoms with E-state index in [-0.39, 0.29) is 0 Å². The summed E-state index contributed by atoms with van der Waals surface area (Å²) >= 11 is 1.72. The third-order valence-corrected chi connectivity index (χ3v) is 3.56. The molecule has 0 radical (unpaired) electrons. The largest absolute Gasteiger partial charge is 0.490 e. The zero-order chi connectivity index (χ0) is 14.2. The summed E-state index contributed by atoms with van der Waals surface area (Å²) < 4.78 is 11.3. The predicted octanol–water partition coefficient (Wildman–Crippen LogP) is 3.33. The molecular weight excluding hydrogens is 270 g/mol. The van der Waals surface area contributed by atoms with Gasteiger partial charge in [-0.15, -0.1) is 11.8 Å². The summed E-state index contributed by atoms with van der Waals surface area (Å²) in [6.07, 6.45) is 2.05. The van der Waals surface area contributed by atoms with E-state index in [1.54, 1.807) is 11.8 Å². The van der Waals surface area contributed by atoms with Crippen LogP contribution in [0.4, 0.5) is 0 Å². The van der Waals surface area contributed by atoms with E-state index < -0.39 is 0 Å². The van der Waals surface area contributed by atoms with Crippen molar-refractivity contribution in [3.63, 3.8) is 0 Å². The average molecular weight is 289 g/mol. The van der Waals surface area contributed by atoms with Crippen LogP contribution in [0.2, 0.25) is 0 Å². The van der Waals surface area contributed by atoms with Crippen LogP contribution in [0.3, 0.4) is 0 Å². The van der Waals surface area contributed by atoms with Crippen molar-refractivity contribution in [2.75, 3.05) is 19.5 Å². The first-order chi connectivity index (χ1) is 9.81. The van der Waals surface area contributed by atoms with Crippen LogP contribution in [0.1, 0.15) is 5.56 Å². The quantitative estimate of drug-likeness (QED) is 0.627. The number of ether oxygens (including phenoxy) is 2. The van der Waals surface area contributed by atoms with Gasteiger partial charge in [0.25, 0.3) is 0 Å². The molecule has 106 valence electrons. The summed E-state index contributed by atoms with van der Waals surface area (Å²) in [4.78, 5) is 1.23. The van der Waals surface area contributed by atoms with E-state index >= 15 is 0 Å². The number of hydrogen-bond acceptors (Lipinski definition) is 4. The van der Waals surface area contributed by atoms with Crippen LogP contribution in [0.15, 0.2) is 53.4 Å². The normalized spacial score (nSPS) is 10.3. The van der Waals surface area contributed by atoms with Crippen molar-refractivity contribution in [2.24, 2.45) is 5.73 Å². The second-order valence-corrected chi connectivity index (χ2v) is 5.10. The zero-order valence-corrected chi connectivity index (χ0v) is 12.4. The molecule has 4 heteroatoms. The van der Waals surface area contributed by atoms with Gasteiger partial charge in [-0.1, -0.05) is 12.1 Å². The van der Waals surface area contributed by atoms with Crippen molar-refractivity contribution in [3.05, 3.63) is 54.1 Å². The maximum Gasteiger partial charge on any atom is 0.122 e. The van der Waals surface area contributed by atoms with Crippen molar-refractivity contribution < 1.29 is 9.47 Å². The van der Waals surface area contributed by atoms with Crippen LogP contribution in [0.25, 0.3) is 0 Å². The van der Waals surface area contributed by atoms with E-state index in [2.05, 4.69) is 6.26 Å². The fourth-order valence-electron chi connectivity index (χ4n) is 1.75. The van der Waals surface area contributed by atoms with Crippen LogP contribution in [-0.2, 0) is 6.54 Å². The molecule has 0 aliphatic carbocycles. The van der Waals surface area contributed by atoms with E-state index in [1.807, 2.05) is 48.5 Å². The van der Waals surface area contributed by atoms with Gasteiger partial charge in [0.1, 0.15) is 24.7 Å². The van der Waals surface area contributed by atoms with E-state index in [4.69, 9.17) is 15.2 Å². The highest BCUT2D eigenvalue weighted by molar-refractivity contribution is 7.98. The average Bonchev–Trinajstić information content (AvgIpc) is 2.52. The minimum atomic E-state index is 0.512. The maximum atomic E-state index is 5.63. The molecule has 2 aromatic rings. The van der Waals surface area contributed by atoms with Crippen LogP contribution >= 0.6 is 11.8 Å². The van der Waals surface area contributed by atoms with Crippen LogP contribution < -0.4 is 15.2 Å². The van der Waals surface area contributed by atoms with E-state index in [0.29, 0.717) is 19.8 Å². The molecule has 2 aromatic carbocycles. The minimum absolute atomic E-state index is 0.512. The van der Waals surface area contributed by atoms with Gasteiger partial charge in [-0.05, 0) is 48.2 Å².